The van der Waals surface area contributed by atoms with E-state index < -0.39 is 6.04 Å². The lowest BCUT2D eigenvalue weighted by Gasteiger charge is -2.18. The van der Waals surface area contributed by atoms with E-state index in [1.54, 1.807) is 13.0 Å². The number of ether oxygens (including phenoxy) is 1. The van der Waals surface area contributed by atoms with Crippen molar-refractivity contribution in [3.05, 3.63) is 48.6 Å². The van der Waals surface area contributed by atoms with Crippen LogP contribution in [0.5, 0.6) is 0 Å². The third kappa shape index (κ3) is 5.56. The molecule has 0 radical (unpaired) electrons. The van der Waals surface area contributed by atoms with Gasteiger partial charge in [0.15, 0.2) is 0 Å². The predicted octanol–water partition coefficient (Wildman–Crippen LogP) is 2.17. The first-order chi connectivity index (χ1) is 9.67. The molecule has 108 valence electrons. The average Bonchev–Trinajstić information content (AvgIpc) is 2.45. The van der Waals surface area contributed by atoms with E-state index in [1.807, 2.05) is 30.3 Å². The minimum atomic E-state index is -0.417. The van der Waals surface area contributed by atoms with Gasteiger partial charge < -0.3 is 15.4 Å². The van der Waals surface area contributed by atoms with Crippen molar-refractivity contribution in [2.45, 2.75) is 19.4 Å². The van der Waals surface area contributed by atoms with Gasteiger partial charge in [0.25, 0.3) is 0 Å². The Labute approximate surface area is 119 Å². The van der Waals surface area contributed by atoms with E-state index in [2.05, 4.69) is 17.2 Å². The quantitative estimate of drug-likeness (QED) is 0.592. The Morgan fingerprint density at radius 1 is 1.35 bits per heavy atom. The summed E-state index contributed by atoms with van der Waals surface area (Å²) in [6, 6.07) is 8.55. The highest BCUT2D eigenvalue weighted by molar-refractivity contribution is 5.76. The number of esters is 1. The first-order valence-corrected chi connectivity index (χ1v) is 6.53. The maximum absolute atomic E-state index is 11.7. The molecule has 0 aliphatic heterocycles. The SMILES string of the molecule is C=CCNC(=O)NC(CC(=O)OCC)c1ccccc1. The number of rotatable bonds is 7. The largest absolute Gasteiger partial charge is 0.466 e. The number of carbonyl (C=O) groups excluding carboxylic acids is 2. The molecule has 5 nitrogen and oxygen atoms in total. The number of urea groups is 1. The van der Waals surface area contributed by atoms with Crippen molar-refractivity contribution in [1.82, 2.24) is 10.6 Å². The molecule has 1 aromatic carbocycles. The number of nitrogens with one attached hydrogen (secondary N) is 2. The van der Waals surface area contributed by atoms with Gasteiger partial charge >= 0.3 is 12.0 Å². The van der Waals surface area contributed by atoms with Gasteiger partial charge in [0, 0.05) is 6.54 Å². The monoisotopic (exact) mass is 276 g/mol. The smallest absolute Gasteiger partial charge is 0.315 e. The van der Waals surface area contributed by atoms with Crippen LogP contribution in [-0.4, -0.2) is 25.2 Å². The van der Waals surface area contributed by atoms with Crippen molar-refractivity contribution in [3.63, 3.8) is 0 Å². The van der Waals surface area contributed by atoms with Crippen molar-refractivity contribution in [2.75, 3.05) is 13.2 Å². The van der Waals surface area contributed by atoms with Crippen LogP contribution in [0.25, 0.3) is 0 Å². The molecule has 0 saturated carbocycles. The zero-order chi connectivity index (χ0) is 14.8. The Hall–Kier alpha value is -2.30. The summed E-state index contributed by atoms with van der Waals surface area (Å²) < 4.78 is 4.93. The van der Waals surface area contributed by atoms with Crippen LogP contribution in [0.15, 0.2) is 43.0 Å². The van der Waals surface area contributed by atoms with Gasteiger partial charge in [0.2, 0.25) is 0 Å². The Kier molecular flexibility index (Phi) is 6.89. The van der Waals surface area contributed by atoms with E-state index in [9.17, 15) is 9.59 Å². The van der Waals surface area contributed by atoms with Crippen molar-refractivity contribution >= 4 is 12.0 Å². The highest BCUT2D eigenvalue weighted by atomic mass is 16.5. The summed E-state index contributed by atoms with van der Waals surface area (Å²) in [5, 5.41) is 5.38. The Morgan fingerprint density at radius 2 is 2.05 bits per heavy atom. The van der Waals surface area contributed by atoms with E-state index in [0.717, 1.165) is 5.56 Å². The van der Waals surface area contributed by atoms with Crippen LogP contribution in [0.2, 0.25) is 0 Å². The van der Waals surface area contributed by atoms with Crippen LogP contribution in [-0.2, 0) is 9.53 Å². The molecular formula is C15H20N2O3. The minimum Gasteiger partial charge on any atom is -0.466 e. The maximum atomic E-state index is 11.7. The number of benzene rings is 1. The van der Waals surface area contributed by atoms with Gasteiger partial charge in [0.05, 0.1) is 19.1 Å². The molecule has 0 heterocycles. The predicted molar refractivity (Wildman–Crippen MR) is 77.2 cm³/mol. The molecule has 1 rings (SSSR count). The summed E-state index contributed by atoms with van der Waals surface area (Å²) in [4.78, 5) is 23.3. The molecule has 0 aromatic heterocycles. The molecule has 2 amide bonds. The fourth-order valence-corrected chi connectivity index (χ4v) is 1.70. The van der Waals surface area contributed by atoms with Crippen LogP contribution in [0.3, 0.4) is 0 Å². The second-order valence-electron chi connectivity index (χ2n) is 4.12. The summed E-state index contributed by atoms with van der Waals surface area (Å²) in [6.07, 6.45) is 1.68. The topological polar surface area (TPSA) is 67.4 Å². The van der Waals surface area contributed by atoms with Gasteiger partial charge in [0.1, 0.15) is 0 Å². The van der Waals surface area contributed by atoms with Crippen LogP contribution in [0, 0.1) is 0 Å². The van der Waals surface area contributed by atoms with Gasteiger partial charge in [-0.15, -0.1) is 6.58 Å². The van der Waals surface area contributed by atoms with Crippen LogP contribution in [0.1, 0.15) is 24.9 Å². The number of hydrogen-bond donors (Lipinski definition) is 2. The summed E-state index contributed by atoms with van der Waals surface area (Å²) in [7, 11) is 0. The Bertz CT molecular complexity index is 446. The summed E-state index contributed by atoms with van der Waals surface area (Å²) >= 11 is 0. The third-order valence-corrected chi connectivity index (χ3v) is 2.59. The molecule has 5 heteroatoms. The highest BCUT2D eigenvalue weighted by Gasteiger charge is 2.18. The molecule has 0 saturated heterocycles. The average molecular weight is 276 g/mol. The third-order valence-electron chi connectivity index (χ3n) is 2.59. The molecule has 1 unspecified atom stereocenters. The molecule has 0 fully saturated rings. The molecule has 20 heavy (non-hydrogen) atoms. The van der Waals surface area contributed by atoms with Gasteiger partial charge in [-0.1, -0.05) is 36.4 Å². The summed E-state index contributed by atoms with van der Waals surface area (Å²) in [5.74, 6) is -0.342. The second-order valence-corrected chi connectivity index (χ2v) is 4.12. The van der Waals surface area contributed by atoms with Crippen LogP contribution >= 0.6 is 0 Å². The van der Waals surface area contributed by atoms with Crippen molar-refractivity contribution in [1.29, 1.82) is 0 Å². The van der Waals surface area contributed by atoms with Gasteiger partial charge in [-0.25, -0.2) is 4.79 Å². The molecule has 0 spiro atoms. The van der Waals surface area contributed by atoms with Crippen molar-refractivity contribution in [3.8, 4) is 0 Å². The zero-order valence-electron chi connectivity index (χ0n) is 11.6. The lowest BCUT2D eigenvalue weighted by molar-refractivity contribution is -0.143. The van der Waals surface area contributed by atoms with Gasteiger partial charge in [-0.3, -0.25) is 4.79 Å². The fourth-order valence-electron chi connectivity index (χ4n) is 1.70. The number of carbonyl (C=O) groups is 2. The molecule has 0 bridgehead atoms. The van der Waals surface area contributed by atoms with E-state index in [4.69, 9.17) is 4.74 Å². The number of hydrogen-bond acceptors (Lipinski definition) is 3. The number of amides is 2. The molecule has 1 aromatic rings. The minimum absolute atomic E-state index is 0.0966. The highest BCUT2D eigenvalue weighted by Crippen LogP contribution is 2.17. The lowest BCUT2D eigenvalue weighted by atomic mass is 10.0. The lowest BCUT2D eigenvalue weighted by Crippen LogP contribution is -2.38. The molecular weight excluding hydrogens is 256 g/mol. The van der Waals surface area contributed by atoms with E-state index in [0.29, 0.717) is 13.2 Å². The van der Waals surface area contributed by atoms with Crippen molar-refractivity contribution in [2.24, 2.45) is 0 Å². The fraction of sp³-hybridized carbons (Fsp3) is 0.333. The van der Waals surface area contributed by atoms with Crippen molar-refractivity contribution < 1.29 is 14.3 Å². The van der Waals surface area contributed by atoms with E-state index >= 15 is 0 Å². The molecule has 2 N–H and O–H groups in total. The molecule has 0 aliphatic rings. The summed E-state index contributed by atoms with van der Waals surface area (Å²) in [5.41, 5.74) is 0.856. The van der Waals surface area contributed by atoms with Crippen LogP contribution in [0.4, 0.5) is 4.79 Å². The first-order valence-electron chi connectivity index (χ1n) is 6.53. The molecule has 1 atom stereocenters. The Morgan fingerprint density at radius 3 is 2.65 bits per heavy atom. The molecule has 0 aliphatic carbocycles. The first kappa shape index (κ1) is 15.8. The zero-order valence-corrected chi connectivity index (χ0v) is 11.6. The second kappa shape index (κ2) is 8.74. The normalized spacial score (nSPS) is 11.2. The Balaban J connectivity index is 2.71. The summed E-state index contributed by atoms with van der Waals surface area (Å²) in [6.45, 7) is 5.97. The standard InChI is InChI=1S/C15H20N2O3/c1-3-10-16-15(19)17-13(11-14(18)20-4-2)12-8-6-5-7-9-12/h3,5-9,13H,1,4,10-11H2,2H3,(H2,16,17,19). The van der Waals surface area contributed by atoms with Gasteiger partial charge in [-0.2, -0.15) is 0 Å². The van der Waals surface area contributed by atoms with Crippen LogP contribution < -0.4 is 10.6 Å². The van der Waals surface area contributed by atoms with E-state index in [1.165, 1.54) is 0 Å². The van der Waals surface area contributed by atoms with E-state index in [-0.39, 0.29) is 18.4 Å². The maximum Gasteiger partial charge on any atom is 0.315 e. The van der Waals surface area contributed by atoms with Gasteiger partial charge in [-0.05, 0) is 12.5 Å².